The van der Waals surface area contributed by atoms with Gasteiger partial charge in [0, 0.05) is 17.6 Å². The van der Waals surface area contributed by atoms with Crippen molar-refractivity contribution in [2.24, 2.45) is 0 Å². The number of aromatic nitrogens is 3. The molecule has 2 heterocycles. The summed E-state index contributed by atoms with van der Waals surface area (Å²) in [7, 11) is 0. The van der Waals surface area contributed by atoms with E-state index in [2.05, 4.69) is 41.1 Å². The lowest BCUT2D eigenvalue weighted by Crippen LogP contribution is -2.21. The van der Waals surface area contributed by atoms with Crippen molar-refractivity contribution in [1.29, 1.82) is 0 Å². The summed E-state index contributed by atoms with van der Waals surface area (Å²) in [5.41, 5.74) is 0.658. The molecule has 1 fully saturated rings. The molecule has 2 aromatic rings. The zero-order valence-corrected chi connectivity index (χ0v) is 13.3. The third-order valence-corrected chi connectivity index (χ3v) is 3.99. The van der Waals surface area contributed by atoms with Crippen molar-refractivity contribution >= 4 is 45.1 Å². The van der Waals surface area contributed by atoms with E-state index in [1.54, 1.807) is 6.07 Å². The van der Waals surface area contributed by atoms with Crippen LogP contribution < -0.4 is 10.2 Å². The van der Waals surface area contributed by atoms with E-state index < -0.39 is 0 Å². The average Bonchev–Trinajstić information content (AvgIpc) is 2.95. The first-order valence-corrected chi connectivity index (χ1v) is 7.67. The zero-order chi connectivity index (χ0) is 14.8. The van der Waals surface area contributed by atoms with E-state index in [0.29, 0.717) is 22.1 Å². The second-order valence-corrected chi connectivity index (χ2v) is 5.86. The van der Waals surface area contributed by atoms with E-state index in [1.165, 1.54) is 12.1 Å². The summed E-state index contributed by atoms with van der Waals surface area (Å²) in [6, 6.07) is 4.33. The van der Waals surface area contributed by atoms with Crippen LogP contribution in [0.2, 0.25) is 5.28 Å². The minimum Gasteiger partial charge on any atom is -0.341 e. The van der Waals surface area contributed by atoms with Crippen molar-refractivity contribution in [3.63, 3.8) is 0 Å². The third-order valence-electron chi connectivity index (χ3n) is 3.16. The van der Waals surface area contributed by atoms with E-state index in [9.17, 15) is 4.39 Å². The van der Waals surface area contributed by atoms with Gasteiger partial charge in [-0.05, 0) is 58.6 Å². The van der Waals surface area contributed by atoms with Gasteiger partial charge in [-0.1, -0.05) is 0 Å². The average molecular weight is 373 g/mol. The SMILES string of the molecule is Fc1ccc(Nc2nc(Cl)nc(N3CCCC3)n2)c(Br)c1. The second-order valence-electron chi connectivity index (χ2n) is 4.67. The van der Waals surface area contributed by atoms with Crippen molar-refractivity contribution in [3.8, 4) is 0 Å². The van der Waals surface area contributed by atoms with Crippen molar-refractivity contribution in [2.45, 2.75) is 12.8 Å². The maximum Gasteiger partial charge on any atom is 0.233 e. The molecule has 3 rings (SSSR count). The van der Waals surface area contributed by atoms with E-state index >= 15 is 0 Å². The Morgan fingerprint density at radius 2 is 1.95 bits per heavy atom. The van der Waals surface area contributed by atoms with Crippen LogP contribution in [0.5, 0.6) is 0 Å². The fourth-order valence-corrected chi connectivity index (χ4v) is 2.77. The van der Waals surface area contributed by atoms with Gasteiger partial charge in [0.2, 0.25) is 17.2 Å². The number of nitrogens with one attached hydrogen (secondary N) is 1. The number of anilines is 3. The zero-order valence-electron chi connectivity index (χ0n) is 11.0. The molecule has 1 aromatic carbocycles. The largest absolute Gasteiger partial charge is 0.341 e. The highest BCUT2D eigenvalue weighted by atomic mass is 79.9. The van der Waals surface area contributed by atoms with Gasteiger partial charge in [0.1, 0.15) is 5.82 Å². The smallest absolute Gasteiger partial charge is 0.233 e. The van der Waals surface area contributed by atoms with E-state index in [1.807, 2.05) is 0 Å². The number of nitrogens with zero attached hydrogens (tertiary/aromatic N) is 4. The van der Waals surface area contributed by atoms with E-state index in [-0.39, 0.29) is 11.1 Å². The Morgan fingerprint density at radius 1 is 1.19 bits per heavy atom. The first-order chi connectivity index (χ1) is 10.1. The Bertz CT molecular complexity index is 663. The number of halogens is 3. The lowest BCUT2D eigenvalue weighted by atomic mass is 10.3. The van der Waals surface area contributed by atoms with Crippen LogP contribution in [0.4, 0.5) is 22.0 Å². The van der Waals surface area contributed by atoms with Gasteiger partial charge in [-0.25, -0.2) is 4.39 Å². The minimum absolute atomic E-state index is 0.132. The molecule has 1 aromatic heterocycles. The quantitative estimate of drug-likeness (QED) is 0.889. The van der Waals surface area contributed by atoms with Gasteiger partial charge in [0.05, 0.1) is 5.69 Å². The molecule has 1 N–H and O–H groups in total. The van der Waals surface area contributed by atoms with E-state index in [4.69, 9.17) is 11.6 Å². The molecule has 0 aliphatic carbocycles. The van der Waals surface area contributed by atoms with Crippen molar-refractivity contribution in [2.75, 3.05) is 23.3 Å². The fraction of sp³-hybridized carbons (Fsp3) is 0.308. The molecule has 21 heavy (non-hydrogen) atoms. The highest BCUT2D eigenvalue weighted by molar-refractivity contribution is 9.10. The second kappa shape index (κ2) is 6.11. The number of benzene rings is 1. The molecule has 0 spiro atoms. The summed E-state index contributed by atoms with van der Waals surface area (Å²) in [6.45, 7) is 1.83. The van der Waals surface area contributed by atoms with Crippen LogP contribution in [0, 0.1) is 5.82 Å². The molecule has 0 amide bonds. The standard InChI is InChI=1S/C13H12BrClFN5/c14-9-7-8(16)3-4-10(9)17-12-18-11(15)19-13(20-12)21-5-1-2-6-21/h3-4,7H,1-2,5-6H2,(H,17,18,19,20). The van der Waals surface area contributed by atoms with Crippen molar-refractivity contribution in [1.82, 2.24) is 15.0 Å². The molecule has 1 aliphatic rings. The van der Waals surface area contributed by atoms with Crippen molar-refractivity contribution < 1.29 is 4.39 Å². The summed E-state index contributed by atoms with van der Waals surface area (Å²) < 4.78 is 13.7. The minimum atomic E-state index is -0.321. The number of rotatable bonds is 3. The van der Waals surface area contributed by atoms with Crippen LogP contribution in [0.1, 0.15) is 12.8 Å². The molecule has 1 saturated heterocycles. The third kappa shape index (κ3) is 3.41. The first-order valence-electron chi connectivity index (χ1n) is 6.50. The Hall–Kier alpha value is -1.47. The molecule has 8 heteroatoms. The predicted octanol–water partition coefficient (Wildman–Crippen LogP) is 3.77. The van der Waals surface area contributed by atoms with Crippen LogP contribution >= 0.6 is 27.5 Å². The molecule has 110 valence electrons. The van der Waals surface area contributed by atoms with Crippen LogP contribution in [0.15, 0.2) is 22.7 Å². The number of hydrogen-bond acceptors (Lipinski definition) is 5. The summed E-state index contributed by atoms with van der Waals surface area (Å²) in [4.78, 5) is 14.6. The molecular formula is C13H12BrClFN5. The highest BCUT2D eigenvalue weighted by Gasteiger charge is 2.17. The molecule has 1 aliphatic heterocycles. The predicted molar refractivity (Wildman–Crippen MR) is 83.7 cm³/mol. The lowest BCUT2D eigenvalue weighted by Gasteiger charge is -2.16. The van der Waals surface area contributed by atoms with Gasteiger partial charge in [0.25, 0.3) is 0 Å². The number of hydrogen-bond donors (Lipinski definition) is 1. The normalized spacial score (nSPS) is 14.5. The first kappa shape index (κ1) is 14.5. The molecule has 0 radical (unpaired) electrons. The molecule has 0 atom stereocenters. The van der Waals surface area contributed by atoms with Crippen molar-refractivity contribution in [3.05, 3.63) is 33.8 Å². The Morgan fingerprint density at radius 3 is 2.67 bits per heavy atom. The maximum atomic E-state index is 13.1. The lowest BCUT2D eigenvalue weighted by molar-refractivity contribution is 0.627. The summed E-state index contributed by atoms with van der Waals surface area (Å²) >= 11 is 9.25. The summed E-state index contributed by atoms with van der Waals surface area (Å²) in [5, 5.41) is 3.15. The fourth-order valence-electron chi connectivity index (χ4n) is 2.17. The Labute approximate surface area is 134 Å². The van der Waals surface area contributed by atoms with Gasteiger partial charge in [0.15, 0.2) is 0 Å². The van der Waals surface area contributed by atoms with Gasteiger partial charge in [-0.3, -0.25) is 0 Å². The van der Waals surface area contributed by atoms with Gasteiger partial charge in [-0.2, -0.15) is 15.0 Å². The Balaban J connectivity index is 1.87. The Kier molecular flexibility index (Phi) is 4.21. The summed E-state index contributed by atoms with van der Waals surface area (Å²) in [5.74, 6) is 0.580. The monoisotopic (exact) mass is 371 g/mol. The molecule has 0 bridgehead atoms. The topological polar surface area (TPSA) is 53.9 Å². The van der Waals surface area contributed by atoms with Crippen LogP contribution in [-0.2, 0) is 0 Å². The molecule has 0 saturated carbocycles. The molecular weight excluding hydrogens is 361 g/mol. The highest BCUT2D eigenvalue weighted by Crippen LogP contribution is 2.26. The summed E-state index contributed by atoms with van der Waals surface area (Å²) in [6.07, 6.45) is 2.24. The van der Waals surface area contributed by atoms with Crippen LogP contribution in [0.3, 0.4) is 0 Å². The molecule has 0 unspecified atom stereocenters. The van der Waals surface area contributed by atoms with Crippen LogP contribution in [0.25, 0.3) is 0 Å². The van der Waals surface area contributed by atoms with Crippen LogP contribution in [-0.4, -0.2) is 28.0 Å². The van der Waals surface area contributed by atoms with E-state index in [0.717, 1.165) is 25.9 Å². The maximum absolute atomic E-state index is 13.1. The van der Waals surface area contributed by atoms with Gasteiger partial charge >= 0.3 is 0 Å². The van der Waals surface area contributed by atoms with Gasteiger partial charge in [-0.15, -0.1) is 0 Å². The van der Waals surface area contributed by atoms with Gasteiger partial charge < -0.3 is 10.2 Å². The molecule has 5 nitrogen and oxygen atoms in total.